The van der Waals surface area contributed by atoms with Crippen LogP contribution in [-0.2, 0) is 11.2 Å². The molecule has 0 aliphatic heterocycles. The SMILES string of the molecule is COc1ccc(CC(Oc2ccccc2Cl)C(=O)O)cc1Cl. The van der Waals surface area contributed by atoms with E-state index in [1.54, 1.807) is 42.5 Å². The van der Waals surface area contributed by atoms with Crippen LogP contribution in [0.1, 0.15) is 5.56 Å². The van der Waals surface area contributed by atoms with Gasteiger partial charge in [0.15, 0.2) is 6.10 Å². The predicted molar refractivity (Wildman–Crippen MR) is 85.2 cm³/mol. The Labute approximate surface area is 138 Å². The van der Waals surface area contributed by atoms with Crippen molar-refractivity contribution in [2.75, 3.05) is 7.11 Å². The number of hydrogen-bond acceptors (Lipinski definition) is 3. The van der Waals surface area contributed by atoms with Crippen LogP contribution >= 0.6 is 23.2 Å². The number of hydrogen-bond donors (Lipinski definition) is 1. The van der Waals surface area contributed by atoms with Gasteiger partial charge in [0, 0.05) is 6.42 Å². The quantitative estimate of drug-likeness (QED) is 0.860. The maximum atomic E-state index is 11.4. The summed E-state index contributed by atoms with van der Waals surface area (Å²) in [7, 11) is 1.52. The molecule has 2 aromatic carbocycles. The molecule has 1 N–H and O–H groups in total. The summed E-state index contributed by atoms with van der Waals surface area (Å²) in [5.41, 5.74) is 0.727. The molecule has 0 saturated heterocycles. The average Bonchev–Trinajstić information content (AvgIpc) is 2.49. The predicted octanol–water partition coefficient (Wildman–Crippen LogP) is 4.08. The second-order valence-corrected chi connectivity index (χ2v) is 5.36. The lowest BCUT2D eigenvalue weighted by Gasteiger charge is -2.16. The Kier molecular flexibility index (Phi) is 5.52. The number of benzene rings is 2. The van der Waals surface area contributed by atoms with Gasteiger partial charge in [-0.2, -0.15) is 0 Å². The number of carboxylic acid groups (broad SMARTS) is 1. The zero-order chi connectivity index (χ0) is 16.1. The average molecular weight is 341 g/mol. The van der Waals surface area contributed by atoms with E-state index in [-0.39, 0.29) is 6.42 Å². The van der Waals surface area contributed by atoms with Crippen molar-refractivity contribution in [3.05, 3.63) is 58.1 Å². The third-order valence-electron chi connectivity index (χ3n) is 3.02. The molecule has 22 heavy (non-hydrogen) atoms. The van der Waals surface area contributed by atoms with E-state index in [2.05, 4.69) is 0 Å². The largest absolute Gasteiger partial charge is 0.495 e. The number of carbonyl (C=O) groups is 1. The topological polar surface area (TPSA) is 55.8 Å². The Bertz CT molecular complexity index is 673. The zero-order valence-corrected chi connectivity index (χ0v) is 13.3. The van der Waals surface area contributed by atoms with Crippen molar-refractivity contribution in [1.82, 2.24) is 0 Å². The Hall–Kier alpha value is -1.91. The fraction of sp³-hybridized carbons (Fsp3) is 0.188. The molecule has 0 aromatic heterocycles. The first kappa shape index (κ1) is 16.5. The van der Waals surface area contributed by atoms with Crippen molar-refractivity contribution in [2.45, 2.75) is 12.5 Å². The summed E-state index contributed by atoms with van der Waals surface area (Å²) in [6, 6.07) is 11.8. The van der Waals surface area contributed by atoms with Crippen LogP contribution in [0.25, 0.3) is 0 Å². The van der Waals surface area contributed by atoms with Crippen molar-refractivity contribution < 1.29 is 19.4 Å². The lowest BCUT2D eigenvalue weighted by molar-refractivity contribution is -0.145. The first-order valence-corrected chi connectivity index (χ1v) is 7.23. The van der Waals surface area contributed by atoms with Crippen LogP contribution in [0.3, 0.4) is 0 Å². The summed E-state index contributed by atoms with van der Waals surface area (Å²) in [6.07, 6.45) is -0.908. The van der Waals surface area contributed by atoms with E-state index in [0.29, 0.717) is 21.5 Å². The Morgan fingerprint density at radius 1 is 1.14 bits per heavy atom. The molecule has 0 spiro atoms. The maximum Gasteiger partial charge on any atom is 0.345 e. The molecule has 4 nitrogen and oxygen atoms in total. The number of methoxy groups -OCH3 is 1. The fourth-order valence-electron chi connectivity index (χ4n) is 1.92. The van der Waals surface area contributed by atoms with E-state index in [0.717, 1.165) is 5.56 Å². The molecule has 0 saturated carbocycles. The summed E-state index contributed by atoms with van der Waals surface area (Å²) in [5.74, 6) is -0.215. The molecule has 2 rings (SSSR count). The van der Waals surface area contributed by atoms with Gasteiger partial charge in [0.1, 0.15) is 11.5 Å². The van der Waals surface area contributed by atoms with Crippen LogP contribution in [0.15, 0.2) is 42.5 Å². The van der Waals surface area contributed by atoms with E-state index in [1.807, 2.05) is 0 Å². The minimum absolute atomic E-state index is 0.157. The van der Waals surface area contributed by atoms with E-state index >= 15 is 0 Å². The van der Waals surface area contributed by atoms with Crippen molar-refractivity contribution in [1.29, 1.82) is 0 Å². The van der Waals surface area contributed by atoms with Crippen LogP contribution < -0.4 is 9.47 Å². The highest BCUT2D eigenvalue weighted by atomic mass is 35.5. The molecular weight excluding hydrogens is 327 g/mol. The van der Waals surface area contributed by atoms with Crippen molar-refractivity contribution in [3.63, 3.8) is 0 Å². The van der Waals surface area contributed by atoms with Gasteiger partial charge in [-0.1, -0.05) is 41.4 Å². The molecule has 2 aromatic rings. The van der Waals surface area contributed by atoms with Gasteiger partial charge in [0.25, 0.3) is 0 Å². The minimum atomic E-state index is -1.08. The molecule has 0 heterocycles. The van der Waals surface area contributed by atoms with E-state index in [4.69, 9.17) is 32.7 Å². The van der Waals surface area contributed by atoms with Crippen LogP contribution in [-0.4, -0.2) is 24.3 Å². The van der Waals surface area contributed by atoms with Gasteiger partial charge < -0.3 is 14.6 Å². The number of aliphatic carboxylic acids is 1. The first-order chi connectivity index (χ1) is 10.5. The number of ether oxygens (including phenoxy) is 2. The number of para-hydroxylation sites is 1. The highest BCUT2D eigenvalue weighted by Crippen LogP contribution is 2.27. The zero-order valence-electron chi connectivity index (χ0n) is 11.8. The molecular formula is C16H14Cl2O4. The van der Waals surface area contributed by atoms with Crippen LogP contribution in [0.2, 0.25) is 10.0 Å². The Morgan fingerprint density at radius 2 is 1.86 bits per heavy atom. The van der Waals surface area contributed by atoms with E-state index < -0.39 is 12.1 Å². The lowest BCUT2D eigenvalue weighted by Crippen LogP contribution is -2.29. The third kappa shape index (κ3) is 4.06. The summed E-state index contributed by atoms with van der Waals surface area (Å²) in [4.78, 5) is 11.4. The van der Waals surface area contributed by atoms with Crippen molar-refractivity contribution in [3.8, 4) is 11.5 Å². The van der Waals surface area contributed by atoms with Gasteiger partial charge in [0.2, 0.25) is 0 Å². The minimum Gasteiger partial charge on any atom is -0.495 e. The normalized spacial score (nSPS) is 11.8. The molecule has 0 aliphatic carbocycles. The number of rotatable bonds is 6. The molecule has 1 unspecified atom stereocenters. The van der Waals surface area contributed by atoms with Crippen LogP contribution in [0.5, 0.6) is 11.5 Å². The fourth-order valence-corrected chi connectivity index (χ4v) is 2.38. The van der Waals surface area contributed by atoms with Gasteiger partial charge in [-0.15, -0.1) is 0 Å². The smallest absolute Gasteiger partial charge is 0.345 e. The number of halogens is 2. The molecule has 6 heteroatoms. The van der Waals surface area contributed by atoms with Gasteiger partial charge in [-0.25, -0.2) is 4.79 Å². The standard InChI is InChI=1S/C16H14Cl2O4/c1-21-13-7-6-10(8-12(13)18)9-15(16(19)20)22-14-5-3-2-4-11(14)17/h2-8,15H,9H2,1H3,(H,19,20). The number of carboxylic acids is 1. The lowest BCUT2D eigenvalue weighted by atomic mass is 10.1. The maximum absolute atomic E-state index is 11.4. The highest BCUT2D eigenvalue weighted by molar-refractivity contribution is 6.32. The highest BCUT2D eigenvalue weighted by Gasteiger charge is 2.21. The molecule has 0 aliphatic rings. The van der Waals surface area contributed by atoms with Gasteiger partial charge in [0.05, 0.1) is 17.2 Å². The second-order valence-electron chi connectivity index (χ2n) is 4.55. The molecule has 0 bridgehead atoms. The summed E-state index contributed by atoms with van der Waals surface area (Å²) < 4.78 is 10.6. The molecule has 1 atom stereocenters. The van der Waals surface area contributed by atoms with Crippen LogP contribution in [0, 0.1) is 0 Å². The molecule has 0 radical (unpaired) electrons. The second kappa shape index (κ2) is 7.38. The van der Waals surface area contributed by atoms with Crippen molar-refractivity contribution >= 4 is 29.2 Å². The first-order valence-electron chi connectivity index (χ1n) is 6.47. The third-order valence-corrected chi connectivity index (χ3v) is 3.63. The monoisotopic (exact) mass is 340 g/mol. The van der Waals surface area contributed by atoms with Gasteiger partial charge in [-0.3, -0.25) is 0 Å². The molecule has 116 valence electrons. The Balaban J connectivity index is 2.17. The Morgan fingerprint density at radius 3 is 2.45 bits per heavy atom. The molecule has 0 fully saturated rings. The molecule has 0 amide bonds. The summed E-state index contributed by atoms with van der Waals surface area (Å²) in [5, 5.41) is 10.1. The van der Waals surface area contributed by atoms with Crippen molar-refractivity contribution in [2.24, 2.45) is 0 Å². The van der Waals surface area contributed by atoms with Gasteiger partial charge in [-0.05, 0) is 29.8 Å². The van der Waals surface area contributed by atoms with Gasteiger partial charge >= 0.3 is 5.97 Å². The summed E-state index contributed by atoms with van der Waals surface area (Å²) in [6.45, 7) is 0. The summed E-state index contributed by atoms with van der Waals surface area (Å²) >= 11 is 12.0. The van der Waals surface area contributed by atoms with Crippen LogP contribution in [0.4, 0.5) is 0 Å². The van der Waals surface area contributed by atoms with E-state index in [9.17, 15) is 9.90 Å². The van der Waals surface area contributed by atoms with E-state index in [1.165, 1.54) is 7.11 Å².